The quantitative estimate of drug-likeness (QED) is 0.290. The molecule has 1 aliphatic rings. The molecule has 0 amide bonds. The van der Waals surface area contributed by atoms with E-state index in [2.05, 4.69) is 57.2 Å². The number of methoxy groups -OCH3 is 1. The minimum Gasteiger partial charge on any atom is -0.497 e. The van der Waals surface area contributed by atoms with Crippen molar-refractivity contribution >= 4 is 11.0 Å². The van der Waals surface area contributed by atoms with Gasteiger partial charge in [0.15, 0.2) is 0 Å². The molecule has 1 fully saturated rings. The van der Waals surface area contributed by atoms with Crippen molar-refractivity contribution in [1.82, 2.24) is 19.7 Å². The summed E-state index contributed by atoms with van der Waals surface area (Å²) in [6, 6.07) is 24.8. The SMILES string of the molecule is COc1ccc(-c2nnc(-c3ccc4c(c3)nc(-c3ccccc3)n4C3CCCCC3)o2)cc1. The van der Waals surface area contributed by atoms with E-state index in [-0.39, 0.29) is 0 Å². The molecule has 170 valence electrons. The fourth-order valence-corrected chi connectivity index (χ4v) is 4.92. The van der Waals surface area contributed by atoms with Gasteiger partial charge in [-0.05, 0) is 55.3 Å². The van der Waals surface area contributed by atoms with Crippen molar-refractivity contribution < 1.29 is 9.15 Å². The van der Waals surface area contributed by atoms with Gasteiger partial charge in [0.05, 0.1) is 18.1 Å². The van der Waals surface area contributed by atoms with Crippen molar-refractivity contribution in [3.63, 3.8) is 0 Å². The third-order valence-electron chi connectivity index (χ3n) is 6.67. The van der Waals surface area contributed by atoms with Gasteiger partial charge in [0.1, 0.15) is 11.6 Å². The van der Waals surface area contributed by atoms with Gasteiger partial charge in [0.25, 0.3) is 0 Å². The van der Waals surface area contributed by atoms with Gasteiger partial charge in [-0.3, -0.25) is 0 Å². The van der Waals surface area contributed by atoms with E-state index < -0.39 is 0 Å². The summed E-state index contributed by atoms with van der Waals surface area (Å²) in [6.07, 6.45) is 6.26. The van der Waals surface area contributed by atoms with Crippen LogP contribution in [-0.2, 0) is 0 Å². The van der Waals surface area contributed by atoms with E-state index in [9.17, 15) is 0 Å². The highest BCUT2D eigenvalue weighted by molar-refractivity contribution is 5.84. The zero-order valence-electron chi connectivity index (χ0n) is 19.1. The van der Waals surface area contributed by atoms with Crippen molar-refractivity contribution in [3.8, 4) is 40.0 Å². The van der Waals surface area contributed by atoms with Crippen LogP contribution in [0, 0.1) is 0 Å². The molecule has 0 spiro atoms. The monoisotopic (exact) mass is 450 g/mol. The average molecular weight is 451 g/mol. The summed E-state index contributed by atoms with van der Waals surface area (Å²) in [4.78, 5) is 5.09. The Balaban J connectivity index is 1.40. The number of aromatic nitrogens is 4. The van der Waals surface area contributed by atoms with Gasteiger partial charge in [-0.15, -0.1) is 10.2 Å². The average Bonchev–Trinajstić information content (AvgIpc) is 3.55. The molecule has 0 bridgehead atoms. The molecular formula is C28H26N4O2. The van der Waals surface area contributed by atoms with Gasteiger partial charge in [-0.25, -0.2) is 4.98 Å². The Hall–Kier alpha value is -3.93. The number of imidazole rings is 1. The number of rotatable bonds is 5. The minimum atomic E-state index is 0.477. The van der Waals surface area contributed by atoms with Crippen LogP contribution in [0.5, 0.6) is 5.75 Å². The third-order valence-corrected chi connectivity index (χ3v) is 6.67. The van der Waals surface area contributed by atoms with E-state index in [0.717, 1.165) is 39.3 Å². The molecule has 5 aromatic rings. The smallest absolute Gasteiger partial charge is 0.248 e. The second kappa shape index (κ2) is 8.78. The number of hydrogen-bond acceptors (Lipinski definition) is 5. The summed E-state index contributed by atoms with van der Waals surface area (Å²) in [5, 5.41) is 8.57. The summed E-state index contributed by atoms with van der Waals surface area (Å²) >= 11 is 0. The van der Waals surface area contributed by atoms with Crippen LogP contribution < -0.4 is 4.74 Å². The number of ether oxygens (including phenoxy) is 1. The molecule has 0 atom stereocenters. The van der Waals surface area contributed by atoms with Crippen molar-refractivity contribution in [2.24, 2.45) is 0 Å². The van der Waals surface area contributed by atoms with Crippen molar-refractivity contribution in [1.29, 1.82) is 0 Å². The second-order valence-corrected chi connectivity index (χ2v) is 8.81. The van der Waals surface area contributed by atoms with Gasteiger partial charge in [-0.1, -0.05) is 49.6 Å². The lowest BCUT2D eigenvalue weighted by atomic mass is 9.95. The van der Waals surface area contributed by atoms with Crippen LogP contribution in [0.1, 0.15) is 38.1 Å². The van der Waals surface area contributed by atoms with E-state index in [1.807, 2.05) is 30.3 Å². The number of fused-ring (bicyclic) bond motifs is 1. The Kier molecular flexibility index (Phi) is 5.34. The first-order valence-electron chi connectivity index (χ1n) is 11.9. The third kappa shape index (κ3) is 3.75. The zero-order chi connectivity index (χ0) is 22.9. The van der Waals surface area contributed by atoms with Gasteiger partial charge in [-0.2, -0.15) is 0 Å². The topological polar surface area (TPSA) is 66.0 Å². The number of benzene rings is 3. The molecule has 1 aliphatic carbocycles. The van der Waals surface area contributed by atoms with Gasteiger partial charge in [0, 0.05) is 22.7 Å². The van der Waals surface area contributed by atoms with Crippen LogP contribution >= 0.6 is 0 Å². The van der Waals surface area contributed by atoms with E-state index in [1.165, 1.54) is 32.1 Å². The second-order valence-electron chi connectivity index (χ2n) is 8.81. The summed E-state index contributed by atoms with van der Waals surface area (Å²) in [7, 11) is 1.65. The van der Waals surface area contributed by atoms with Crippen molar-refractivity contribution in [2.45, 2.75) is 38.1 Å². The summed E-state index contributed by atoms with van der Waals surface area (Å²) in [5.41, 5.74) is 4.97. The van der Waals surface area contributed by atoms with Crippen LogP contribution in [-0.4, -0.2) is 26.9 Å². The number of nitrogens with zero attached hydrogens (tertiary/aromatic N) is 4. The maximum Gasteiger partial charge on any atom is 0.248 e. The van der Waals surface area contributed by atoms with Gasteiger partial charge >= 0.3 is 0 Å². The molecule has 0 aliphatic heterocycles. The standard InChI is InChI=1S/C28H26N4O2/c1-33-23-15-12-20(13-16-23)27-30-31-28(34-27)21-14-17-25-24(18-21)29-26(19-8-4-2-5-9-19)32(25)22-10-6-3-7-11-22/h2,4-5,8-9,12-18,22H,3,6-7,10-11H2,1H3. The van der Waals surface area contributed by atoms with E-state index in [4.69, 9.17) is 14.1 Å². The lowest BCUT2D eigenvalue weighted by molar-refractivity contribution is 0.362. The van der Waals surface area contributed by atoms with Crippen molar-refractivity contribution in [2.75, 3.05) is 7.11 Å². The molecule has 2 heterocycles. The van der Waals surface area contributed by atoms with Crippen LogP contribution in [0.15, 0.2) is 77.2 Å². The Bertz CT molecular complexity index is 1410. The predicted octanol–water partition coefficient (Wildman–Crippen LogP) is 6.93. The Morgan fingerprint density at radius 3 is 2.24 bits per heavy atom. The molecule has 34 heavy (non-hydrogen) atoms. The highest BCUT2D eigenvalue weighted by Crippen LogP contribution is 2.37. The molecule has 0 N–H and O–H groups in total. The maximum atomic E-state index is 6.02. The maximum absolute atomic E-state index is 6.02. The van der Waals surface area contributed by atoms with E-state index >= 15 is 0 Å². The Morgan fingerprint density at radius 1 is 0.794 bits per heavy atom. The normalized spacial score (nSPS) is 14.5. The molecule has 1 saturated carbocycles. The summed E-state index contributed by atoms with van der Waals surface area (Å²) in [6.45, 7) is 0. The highest BCUT2D eigenvalue weighted by atomic mass is 16.5. The van der Waals surface area contributed by atoms with Crippen LogP contribution in [0.3, 0.4) is 0 Å². The summed E-state index contributed by atoms with van der Waals surface area (Å²) < 4.78 is 13.7. The lowest BCUT2D eigenvalue weighted by Gasteiger charge is -2.25. The number of hydrogen-bond donors (Lipinski definition) is 0. The fraction of sp³-hybridized carbons (Fsp3) is 0.250. The highest BCUT2D eigenvalue weighted by Gasteiger charge is 2.23. The summed E-state index contributed by atoms with van der Waals surface area (Å²) in [5.74, 6) is 2.79. The molecule has 6 nitrogen and oxygen atoms in total. The van der Waals surface area contributed by atoms with Gasteiger partial charge in [0.2, 0.25) is 11.8 Å². The van der Waals surface area contributed by atoms with Crippen LogP contribution in [0.25, 0.3) is 45.3 Å². The first kappa shape index (κ1) is 20.7. The van der Waals surface area contributed by atoms with E-state index in [0.29, 0.717) is 17.8 Å². The molecule has 6 heteroatoms. The molecule has 0 saturated heterocycles. The Morgan fingerprint density at radius 2 is 1.50 bits per heavy atom. The van der Waals surface area contributed by atoms with Gasteiger partial charge < -0.3 is 13.7 Å². The molecule has 3 aromatic carbocycles. The minimum absolute atomic E-state index is 0.477. The van der Waals surface area contributed by atoms with Crippen LogP contribution in [0.4, 0.5) is 0 Å². The molecule has 0 unspecified atom stereocenters. The Labute approximate surface area is 198 Å². The molecular weight excluding hydrogens is 424 g/mol. The van der Waals surface area contributed by atoms with Crippen molar-refractivity contribution in [3.05, 3.63) is 72.8 Å². The molecule has 0 radical (unpaired) electrons. The molecule has 6 rings (SSSR count). The van der Waals surface area contributed by atoms with E-state index in [1.54, 1.807) is 7.11 Å². The predicted molar refractivity (Wildman–Crippen MR) is 133 cm³/mol. The lowest BCUT2D eigenvalue weighted by Crippen LogP contribution is -2.13. The zero-order valence-corrected chi connectivity index (χ0v) is 19.1. The fourth-order valence-electron chi connectivity index (χ4n) is 4.92. The van der Waals surface area contributed by atoms with Crippen LogP contribution in [0.2, 0.25) is 0 Å². The first-order valence-corrected chi connectivity index (χ1v) is 11.9. The first-order chi connectivity index (χ1) is 16.8. The largest absolute Gasteiger partial charge is 0.497 e. The molecule has 2 aromatic heterocycles.